The molecule has 0 radical (unpaired) electrons. The number of aromatic hydroxyl groups is 1. The highest BCUT2D eigenvalue weighted by Crippen LogP contribution is 2.16. The number of aliphatic hydroxyl groups is 1. The van der Waals surface area contributed by atoms with Crippen molar-refractivity contribution < 1.29 is 77.6 Å². The number of phenols is 1. The molecule has 0 unspecified atom stereocenters. The largest absolute Gasteiger partial charge is 0.508 e. The highest BCUT2D eigenvalue weighted by Gasteiger charge is 2.38. The van der Waals surface area contributed by atoms with E-state index < -0.39 is 180 Å². The third-order valence-electron chi connectivity index (χ3n) is 16.1. The fraction of sp³-hybridized carbons (Fsp3) is 0.712. The Morgan fingerprint density at radius 2 is 0.737 bits per heavy atom. The van der Waals surface area contributed by atoms with Gasteiger partial charge in [0.15, 0.2) is 0 Å². The maximum atomic E-state index is 14.3. The number of aliphatic carboxylic acids is 1. The summed E-state index contributed by atoms with van der Waals surface area (Å²) in [6.45, 7) is 17.6. The maximum Gasteiger partial charge on any atom is 0.326 e. The van der Waals surface area contributed by atoms with Crippen LogP contribution < -0.4 is 92.5 Å². The van der Waals surface area contributed by atoms with Gasteiger partial charge in [-0.1, -0.05) is 73.9 Å². The van der Waals surface area contributed by atoms with Crippen LogP contribution in [0.4, 0.5) is 0 Å². The number of nitrogens with one attached hydrogen (secondary N) is 12. The van der Waals surface area contributed by atoms with Crippen LogP contribution in [0.3, 0.4) is 0 Å². The van der Waals surface area contributed by atoms with Gasteiger partial charge in [0.1, 0.15) is 72.2 Å². The molecule has 0 bridgehead atoms. The Morgan fingerprint density at radius 3 is 1.18 bits per heavy atom. The van der Waals surface area contributed by atoms with Crippen molar-refractivity contribution >= 4 is 76.9 Å². The molecule has 1 rings (SSSR count). The van der Waals surface area contributed by atoms with Crippen LogP contribution in [0.1, 0.15) is 165 Å². The number of amides is 12. The molecule has 33 heteroatoms. The van der Waals surface area contributed by atoms with Gasteiger partial charge in [-0.3, -0.25) is 57.5 Å². The number of carboxylic acid groups (broad SMARTS) is 1. The van der Waals surface area contributed by atoms with Crippen molar-refractivity contribution in [1.29, 1.82) is 0 Å². The van der Waals surface area contributed by atoms with Gasteiger partial charge in [0.2, 0.25) is 70.9 Å². The number of hydrogen-bond acceptors (Lipinski definition) is 20. The molecule has 0 aliphatic carbocycles. The monoisotopic (exact) mass is 1400 g/mol. The Kier molecular flexibility index (Phi) is 42.2. The van der Waals surface area contributed by atoms with E-state index in [2.05, 4.69) is 63.8 Å². The van der Waals surface area contributed by atoms with Crippen molar-refractivity contribution in [2.24, 2.45) is 52.3 Å². The summed E-state index contributed by atoms with van der Waals surface area (Å²) in [5.41, 5.74) is 29.3. The lowest BCUT2D eigenvalue weighted by Crippen LogP contribution is -2.62. The second-order valence-corrected chi connectivity index (χ2v) is 26.5. The molecule has 12 amide bonds. The topological polar surface area (TPSA) is 557 Å². The number of aliphatic hydroxyl groups excluding tert-OH is 1. The first-order valence-corrected chi connectivity index (χ1v) is 34.4. The van der Waals surface area contributed by atoms with Crippen LogP contribution >= 0.6 is 0 Å². The second-order valence-electron chi connectivity index (χ2n) is 26.5. The van der Waals surface area contributed by atoms with Crippen LogP contribution in [0.5, 0.6) is 5.75 Å². The molecule has 25 N–H and O–H groups in total. The minimum absolute atomic E-state index is 0.0759. The SMILES string of the molecule is CC(C)C[C@H](NC(=O)[C@@H](NC(=O)[C@H](Cc1ccc(O)cc1)NC(=O)[C@@H](NC(=O)[C@H](C)NC(=O)[C@H](C)NC(=O)[C@@H](NC(=O)CNC(=O)[C@H](CCCCN)NC(=O)[C@H](CCCCN)NC(=O)[C@H](CCCCN)NC(=O)[C@@H](N)CCCCN)C(C)C)[C@@H](C)O)C(C)C)C(=O)N[C@H](C(=O)O)C(C)C. The van der Waals surface area contributed by atoms with E-state index >= 15 is 0 Å². The van der Waals surface area contributed by atoms with Crippen LogP contribution in [-0.4, -0.2) is 204 Å². The molecule has 562 valence electrons. The normalized spacial score (nSPS) is 15.3. The number of carbonyl (C=O) groups is 13. The first-order valence-electron chi connectivity index (χ1n) is 34.4. The van der Waals surface area contributed by atoms with Crippen LogP contribution in [-0.2, 0) is 68.7 Å². The molecule has 0 spiro atoms. The van der Waals surface area contributed by atoms with E-state index in [4.69, 9.17) is 28.7 Å². The summed E-state index contributed by atoms with van der Waals surface area (Å²) >= 11 is 0. The summed E-state index contributed by atoms with van der Waals surface area (Å²) < 4.78 is 0. The number of phenolic OH excluding ortho intramolecular Hbond substituents is 1. The minimum atomic E-state index is -1.77. The maximum absolute atomic E-state index is 14.3. The summed E-state index contributed by atoms with van der Waals surface area (Å²) in [5, 5.41) is 61.3. The smallest absolute Gasteiger partial charge is 0.326 e. The lowest BCUT2D eigenvalue weighted by molar-refractivity contribution is -0.143. The van der Waals surface area contributed by atoms with Crippen molar-refractivity contribution in [2.45, 2.75) is 245 Å². The number of benzene rings is 1. The molecule has 1 aromatic carbocycles. The summed E-state index contributed by atoms with van der Waals surface area (Å²) in [6.07, 6.45) is 2.99. The summed E-state index contributed by atoms with van der Waals surface area (Å²) in [6, 6.07) is -9.96. The minimum Gasteiger partial charge on any atom is -0.508 e. The number of carbonyl (C=O) groups excluding carboxylic acids is 12. The van der Waals surface area contributed by atoms with Gasteiger partial charge >= 0.3 is 5.97 Å². The van der Waals surface area contributed by atoms with Gasteiger partial charge < -0.3 is 108 Å². The van der Waals surface area contributed by atoms with Gasteiger partial charge in [-0.2, -0.15) is 0 Å². The van der Waals surface area contributed by atoms with E-state index in [0.717, 1.165) is 0 Å². The average Bonchev–Trinajstić information content (AvgIpc) is 0.971. The zero-order chi connectivity index (χ0) is 75.2. The van der Waals surface area contributed by atoms with Crippen LogP contribution in [0.25, 0.3) is 0 Å². The molecule has 0 heterocycles. The Bertz CT molecular complexity index is 2760. The molecule has 0 fully saturated rings. The van der Waals surface area contributed by atoms with Crippen LogP contribution in [0.15, 0.2) is 24.3 Å². The molecular formula is C66H117N17O16. The molecule has 0 aliphatic rings. The number of unbranched alkanes of at least 4 members (excludes halogenated alkanes) is 4. The predicted molar refractivity (Wildman–Crippen MR) is 370 cm³/mol. The van der Waals surface area contributed by atoms with E-state index in [1.54, 1.807) is 55.4 Å². The second kappa shape index (κ2) is 47.0. The standard InChI is InChI=1S/C66H117N17O16/c1-35(2)32-48(61(93)82-53(38(7)8)66(98)99)78-64(96)52(37(5)6)81-62(94)49(33-42-24-26-43(85)27-25-42)79-65(97)54(41(11)84)83-56(88)40(10)73-55(87)39(9)74-63(95)51(36(3)4)80-50(86)34-72-58(90)45(21-13-17-29-68)76-60(92)47(23-15-19-31-70)77-59(91)46(22-14-18-30-69)75-57(89)44(71)20-12-16-28-67/h24-27,35-41,44-49,51-54,84-85H,12-23,28-34,67-71H2,1-11H3,(H,72,90)(H,73,87)(H,74,95)(H,75,89)(H,76,92)(H,77,91)(H,78,96)(H,79,97)(H,80,86)(H,81,94)(H,82,93)(H,83,88)(H,98,99)/t39-,40-,41+,44-,45-,46-,47-,48-,49-,51-,52-,53-,54-/m0/s1. The molecular weight excluding hydrogens is 1290 g/mol. The van der Waals surface area contributed by atoms with Gasteiger partial charge in [0.05, 0.1) is 18.7 Å². The fourth-order valence-electron chi connectivity index (χ4n) is 10.1. The highest BCUT2D eigenvalue weighted by atomic mass is 16.4. The summed E-state index contributed by atoms with van der Waals surface area (Å²) in [7, 11) is 0. The number of hydrogen-bond donors (Lipinski definition) is 20. The van der Waals surface area contributed by atoms with Crippen molar-refractivity contribution in [3.8, 4) is 5.75 Å². The zero-order valence-electron chi connectivity index (χ0n) is 59.6. The van der Waals surface area contributed by atoms with Crippen molar-refractivity contribution in [3.05, 3.63) is 29.8 Å². The van der Waals surface area contributed by atoms with E-state index in [1.807, 2.05) is 0 Å². The fourth-order valence-corrected chi connectivity index (χ4v) is 10.1. The van der Waals surface area contributed by atoms with Crippen molar-refractivity contribution in [1.82, 2.24) is 63.8 Å². The van der Waals surface area contributed by atoms with E-state index in [9.17, 15) is 77.6 Å². The molecule has 0 aliphatic heterocycles. The third-order valence-corrected chi connectivity index (χ3v) is 16.1. The van der Waals surface area contributed by atoms with Gasteiger partial charge in [0.25, 0.3) is 0 Å². The lowest BCUT2D eigenvalue weighted by Gasteiger charge is -2.29. The first kappa shape index (κ1) is 88.9. The Labute approximate surface area is 581 Å². The Morgan fingerprint density at radius 1 is 0.384 bits per heavy atom. The van der Waals surface area contributed by atoms with Crippen LogP contribution in [0, 0.1) is 23.7 Å². The predicted octanol–water partition coefficient (Wildman–Crippen LogP) is -3.25. The first-order chi connectivity index (χ1) is 46.5. The van der Waals surface area contributed by atoms with Crippen molar-refractivity contribution in [2.75, 3.05) is 32.7 Å². The molecule has 13 atom stereocenters. The number of rotatable bonds is 49. The zero-order valence-corrected chi connectivity index (χ0v) is 59.6. The molecule has 1 aromatic rings. The molecule has 0 saturated heterocycles. The van der Waals surface area contributed by atoms with E-state index in [-0.39, 0.29) is 50.3 Å². The molecule has 0 saturated carbocycles. The molecule has 99 heavy (non-hydrogen) atoms. The molecule has 0 aromatic heterocycles. The number of carboxylic acids is 1. The van der Waals surface area contributed by atoms with E-state index in [1.165, 1.54) is 45.0 Å². The highest BCUT2D eigenvalue weighted by molar-refractivity contribution is 5.99. The van der Waals surface area contributed by atoms with Crippen molar-refractivity contribution in [3.63, 3.8) is 0 Å². The van der Waals surface area contributed by atoms with Gasteiger partial charge in [-0.15, -0.1) is 0 Å². The van der Waals surface area contributed by atoms with Gasteiger partial charge in [-0.25, -0.2) is 4.79 Å². The summed E-state index contributed by atoms with van der Waals surface area (Å²) in [4.78, 5) is 177. The average molecular weight is 1400 g/mol. The van der Waals surface area contributed by atoms with E-state index in [0.29, 0.717) is 83.0 Å². The quantitative estimate of drug-likeness (QED) is 0.0285. The lowest BCUT2D eigenvalue weighted by atomic mass is 9.98. The Balaban J connectivity index is 3.26. The third kappa shape index (κ3) is 34.0. The summed E-state index contributed by atoms with van der Waals surface area (Å²) in [5.74, 6) is -13.1. The van der Waals surface area contributed by atoms with Gasteiger partial charge in [-0.05, 0) is 165 Å². The van der Waals surface area contributed by atoms with Gasteiger partial charge in [0, 0.05) is 6.42 Å². The number of nitrogens with two attached hydrogens (primary N) is 5. The molecule has 33 nitrogen and oxygen atoms in total. The Hall–Kier alpha value is -8.11. The van der Waals surface area contributed by atoms with Crippen LogP contribution in [0.2, 0.25) is 0 Å².